The smallest absolute Gasteiger partial charge is 0.313 e. The summed E-state index contributed by atoms with van der Waals surface area (Å²) in [5.74, 6) is -1.56. The number of aryl methyl sites for hydroxylation is 1. The van der Waals surface area contributed by atoms with Gasteiger partial charge < -0.3 is 15.7 Å². The first-order valence-corrected chi connectivity index (χ1v) is 7.36. The van der Waals surface area contributed by atoms with Crippen molar-refractivity contribution >= 4 is 29.1 Å². The van der Waals surface area contributed by atoms with Crippen LogP contribution in [-0.4, -0.2) is 29.1 Å². The standard InChI is InChI=1S/C15H19ClN2O3/c1-10-5-4-6-11(12(10)16)18-14(20)13(19)17-9-15(21)7-2-3-8-15/h4-6,21H,2-3,7-9H2,1H3,(H,17,19)(H,18,20). The molecular weight excluding hydrogens is 292 g/mol. The van der Waals surface area contributed by atoms with Crippen molar-refractivity contribution in [3.05, 3.63) is 28.8 Å². The fourth-order valence-corrected chi connectivity index (χ4v) is 2.63. The summed E-state index contributed by atoms with van der Waals surface area (Å²) in [7, 11) is 0. The number of anilines is 1. The van der Waals surface area contributed by atoms with Gasteiger partial charge in [0.05, 0.1) is 16.3 Å². The SMILES string of the molecule is Cc1cccc(NC(=O)C(=O)NCC2(O)CCCC2)c1Cl. The number of benzene rings is 1. The first-order chi connectivity index (χ1) is 9.91. The summed E-state index contributed by atoms with van der Waals surface area (Å²) in [5, 5.41) is 15.5. The average Bonchev–Trinajstić information content (AvgIpc) is 2.88. The van der Waals surface area contributed by atoms with Crippen LogP contribution in [0.4, 0.5) is 5.69 Å². The number of aliphatic hydroxyl groups is 1. The van der Waals surface area contributed by atoms with Gasteiger partial charge in [-0.3, -0.25) is 9.59 Å². The highest BCUT2D eigenvalue weighted by Crippen LogP contribution is 2.28. The minimum absolute atomic E-state index is 0.0980. The molecule has 0 bridgehead atoms. The lowest BCUT2D eigenvalue weighted by atomic mass is 10.0. The fourth-order valence-electron chi connectivity index (χ4n) is 2.46. The van der Waals surface area contributed by atoms with Gasteiger partial charge in [0, 0.05) is 6.54 Å². The van der Waals surface area contributed by atoms with Gasteiger partial charge in [0.15, 0.2) is 0 Å². The van der Waals surface area contributed by atoms with Gasteiger partial charge in [-0.15, -0.1) is 0 Å². The average molecular weight is 311 g/mol. The van der Waals surface area contributed by atoms with Crippen molar-refractivity contribution in [3.63, 3.8) is 0 Å². The normalized spacial score (nSPS) is 16.5. The molecular formula is C15H19ClN2O3. The predicted octanol–water partition coefficient (Wildman–Crippen LogP) is 2.01. The summed E-state index contributed by atoms with van der Waals surface area (Å²) < 4.78 is 0. The third-order valence-corrected chi connectivity index (χ3v) is 4.26. The van der Waals surface area contributed by atoms with Crippen molar-refractivity contribution in [2.75, 3.05) is 11.9 Å². The Morgan fingerprint density at radius 3 is 2.62 bits per heavy atom. The van der Waals surface area contributed by atoms with Crippen molar-refractivity contribution in [3.8, 4) is 0 Å². The van der Waals surface area contributed by atoms with Crippen molar-refractivity contribution in [2.45, 2.75) is 38.2 Å². The van der Waals surface area contributed by atoms with Crippen molar-refractivity contribution in [1.29, 1.82) is 0 Å². The highest BCUT2D eigenvalue weighted by atomic mass is 35.5. The van der Waals surface area contributed by atoms with Crippen LogP contribution in [0.5, 0.6) is 0 Å². The third kappa shape index (κ3) is 3.95. The minimum atomic E-state index is -0.878. The molecule has 21 heavy (non-hydrogen) atoms. The van der Waals surface area contributed by atoms with E-state index in [1.165, 1.54) is 0 Å². The number of nitrogens with one attached hydrogen (secondary N) is 2. The summed E-state index contributed by atoms with van der Waals surface area (Å²) in [5.41, 5.74) is 0.336. The highest BCUT2D eigenvalue weighted by Gasteiger charge is 2.32. The largest absolute Gasteiger partial charge is 0.388 e. The molecule has 0 saturated heterocycles. The second-order valence-corrected chi connectivity index (χ2v) is 5.88. The van der Waals surface area contributed by atoms with E-state index in [0.29, 0.717) is 23.6 Å². The molecule has 0 radical (unpaired) electrons. The van der Waals surface area contributed by atoms with Crippen molar-refractivity contribution in [2.24, 2.45) is 0 Å². The molecule has 5 nitrogen and oxygen atoms in total. The van der Waals surface area contributed by atoms with E-state index in [0.717, 1.165) is 18.4 Å². The lowest BCUT2D eigenvalue weighted by molar-refractivity contribution is -0.136. The molecule has 0 aliphatic heterocycles. The molecule has 2 amide bonds. The van der Waals surface area contributed by atoms with Gasteiger partial charge in [0.2, 0.25) is 0 Å². The van der Waals surface area contributed by atoms with Crippen LogP contribution in [0.2, 0.25) is 5.02 Å². The van der Waals surface area contributed by atoms with E-state index in [1.807, 2.05) is 13.0 Å². The maximum Gasteiger partial charge on any atom is 0.313 e. The molecule has 1 saturated carbocycles. The number of carbonyl (C=O) groups excluding carboxylic acids is 2. The zero-order valence-corrected chi connectivity index (χ0v) is 12.7. The molecule has 0 spiro atoms. The Bertz CT molecular complexity index is 554. The molecule has 1 aliphatic carbocycles. The maximum absolute atomic E-state index is 11.8. The number of rotatable bonds is 3. The predicted molar refractivity (Wildman–Crippen MR) is 81.2 cm³/mol. The first kappa shape index (κ1) is 15.8. The van der Waals surface area contributed by atoms with Gasteiger partial charge in [-0.2, -0.15) is 0 Å². The number of carbonyl (C=O) groups is 2. The number of hydrogen-bond donors (Lipinski definition) is 3. The maximum atomic E-state index is 11.8. The van der Waals surface area contributed by atoms with Crippen LogP contribution in [0, 0.1) is 6.92 Å². The molecule has 3 N–H and O–H groups in total. The second kappa shape index (κ2) is 6.45. The van der Waals surface area contributed by atoms with Crippen molar-refractivity contribution < 1.29 is 14.7 Å². The van der Waals surface area contributed by atoms with Crippen molar-refractivity contribution in [1.82, 2.24) is 5.32 Å². The fraction of sp³-hybridized carbons (Fsp3) is 0.467. The molecule has 2 rings (SSSR count). The van der Waals surface area contributed by atoms with Crippen LogP contribution >= 0.6 is 11.6 Å². The van der Waals surface area contributed by atoms with Gasteiger partial charge in [-0.25, -0.2) is 0 Å². The van der Waals surface area contributed by atoms with E-state index in [2.05, 4.69) is 10.6 Å². The van der Waals surface area contributed by atoms with Crippen LogP contribution in [0.3, 0.4) is 0 Å². The second-order valence-electron chi connectivity index (χ2n) is 5.50. The van der Waals surface area contributed by atoms with E-state index in [4.69, 9.17) is 11.6 Å². The summed E-state index contributed by atoms with van der Waals surface area (Å²) in [6.07, 6.45) is 3.19. The van der Waals surface area contributed by atoms with Crippen LogP contribution in [0.15, 0.2) is 18.2 Å². The monoisotopic (exact) mass is 310 g/mol. The lowest BCUT2D eigenvalue weighted by Crippen LogP contribution is -2.44. The van der Waals surface area contributed by atoms with E-state index in [1.54, 1.807) is 12.1 Å². The first-order valence-electron chi connectivity index (χ1n) is 6.98. The Morgan fingerprint density at radius 2 is 1.95 bits per heavy atom. The minimum Gasteiger partial charge on any atom is -0.388 e. The Kier molecular flexibility index (Phi) is 4.85. The number of hydrogen-bond acceptors (Lipinski definition) is 3. The van der Waals surface area contributed by atoms with Crippen LogP contribution < -0.4 is 10.6 Å². The van der Waals surface area contributed by atoms with E-state index < -0.39 is 17.4 Å². The summed E-state index contributed by atoms with van der Waals surface area (Å²) in [6.45, 7) is 1.91. The molecule has 6 heteroatoms. The van der Waals surface area contributed by atoms with Crippen LogP contribution in [-0.2, 0) is 9.59 Å². The lowest BCUT2D eigenvalue weighted by Gasteiger charge is -2.22. The number of halogens is 1. The zero-order chi connectivity index (χ0) is 15.5. The van der Waals surface area contributed by atoms with E-state index >= 15 is 0 Å². The topological polar surface area (TPSA) is 78.4 Å². The summed E-state index contributed by atoms with van der Waals surface area (Å²) in [6, 6.07) is 5.19. The third-order valence-electron chi connectivity index (χ3n) is 3.76. The molecule has 1 fully saturated rings. The molecule has 1 aliphatic rings. The van der Waals surface area contributed by atoms with Gasteiger partial charge in [-0.05, 0) is 31.4 Å². The van der Waals surface area contributed by atoms with Gasteiger partial charge >= 0.3 is 11.8 Å². The molecule has 0 atom stereocenters. The molecule has 0 aromatic heterocycles. The van der Waals surface area contributed by atoms with Crippen LogP contribution in [0.25, 0.3) is 0 Å². The van der Waals surface area contributed by atoms with Gasteiger partial charge in [0.25, 0.3) is 0 Å². The molecule has 0 heterocycles. The Hall–Kier alpha value is -1.59. The Balaban J connectivity index is 1.91. The van der Waals surface area contributed by atoms with Gasteiger partial charge in [-0.1, -0.05) is 36.6 Å². The van der Waals surface area contributed by atoms with E-state index in [-0.39, 0.29) is 6.54 Å². The molecule has 1 aromatic carbocycles. The Morgan fingerprint density at radius 1 is 1.29 bits per heavy atom. The Labute approximate surface area is 128 Å². The zero-order valence-electron chi connectivity index (χ0n) is 11.9. The summed E-state index contributed by atoms with van der Waals surface area (Å²) in [4.78, 5) is 23.6. The van der Waals surface area contributed by atoms with Crippen LogP contribution in [0.1, 0.15) is 31.2 Å². The van der Waals surface area contributed by atoms with E-state index in [9.17, 15) is 14.7 Å². The quantitative estimate of drug-likeness (QED) is 0.747. The molecule has 114 valence electrons. The van der Waals surface area contributed by atoms with Gasteiger partial charge in [0.1, 0.15) is 0 Å². The molecule has 1 aromatic rings. The highest BCUT2D eigenvalue weighted by molar-refractivity contribution is 6.41. The molecule has 0 unspecified atom stereocenters. The summed E-state index contributed by atoms with van der Waals surface area (Å²) >= 11 is 6.06. The number of amides is 2.